The molecule has 2 aliphatic rings. The van der Waals surface area contributed by atoms with E-state index in [1.54, 1.807) is 0 Å². The van der Waals surface area contributed by atoms with Crippen molar-refractivity contribution >= 4 is 0 Å². The lowest BCUT2D eigenvalue weighted by molar-refractivity contribution is 0.966. The number of hydrogen-bond acceptors (Lipinski definition) is 1. The highest BCUT2D eigenvalue weighted by Crippen LogP contribution is 2.17. The minimum Gasteiger partial charge on any atom is -0.359 e. The van der Waals surface area contributed by atoms with E-state index in [2.05, 4.69) is 48.1 Å². The van der Waals surface area contributed by atoms with Gasteiger partial charge < -0.3 is 5.73 Å². The predicted molar refractivity (Wildman–Crippen MR) is 71.6 cm³/mol. The van der Waals surface area contributed by atoms with Gasteiger partial charge in [-0.1, -0.05) is 30.1 Å². The van der Waals surface area contributed by atoms with Gasteiger partial charge in [0.25, 0.3) is 0 Å². The topological polar surface area (TPSA) is 26.0 Å². The lowest BCUT2D eigenvalue weighted by Crippen LogP contribution is -1.91. The Morgan fingerprint density at radius 3 is 2.00 bits per heavy atom. The maximum Gasteiger partial charge on any atom is 0.00666 e. The third kappa shape index (κ3) is 3.44. The highest BCUT2D eigenvalue weighted by Gasteiger charge is 2.02. The molecule has 0 aliphatic heterocycles. The Bertz CT molecular complexity index is 534. The van der Waals surface area contributed by atoms with Crippen molar-refractivity contribution in [3.05, 3.63) is 47.1 Å². The second kappa shape index (κ2) is 5.83. The Labute approximate surface area is 103 Å². The van der Waals surface area contributed by atoms with Crippen LogP contribution in [0.25, 0.3) is 0 Å². The number of allylic oxidation sites excluding steroid dienone is 8. The quantitative estimate of drug-likeness (QED) is 0.494. The van der Waals surface area contributed by atoms with Crippen molar-refractivity contribution in [1.82, 2.24) is 0 Å². The fourth-order valence-electron chi connectivity index (χ4n) is 1.81. The first kappa shape index (κ1) is 11.4. The maximum atomic E-state index is 5.19. The average molecular weight is 221 g/mol. The minimum atomic E-state index is 0.948. The van der Waals surface area contributed by atoms with Crippen LogP contribution in [-0.4, -0.2) is 0 Å². The van der Waals surface area contributed by atoms with Crippen molar-refractivity contribution in [3.63, 3.8) is 0 Å². The molecule has 0 aromatic heterocycles. The number of nitrogens with two attached hydrogens (primary N) is 1. The first-order chi connectivity index (χ1) is 8.38. The Kier molecular flexibility index (Phi) is 3.90. The highest BCUT2D eigenvalue weighted by molar-refractivity contribution is 5.45. The summed E-state index contributed by atoms with van der Waals surface area (Å²) in [5, 5.41) is 0. The van der Waals surface area contributed by atoms with Crippen molar-refractivity contribution in [2.45, 2.75) is 25.7 Å². The molecule has 0 saturated carbocycles. The molecule has 0 amide bonds. The van der Waals surface area contributed by atoms with Gasteiger partial charge in [-0.3, -0.25) is 0 Å². The summed E-state index contributed by atoms with van der Waals surface area (Å²) in [5.74, 6) is 9.36. The van der Waals surface area contributed by atoms with E-state index in [1.165, 1.54) is 11.1 Å². The van der Waals surface area contributed by atoms with Crippen LogP contribution >= 0.6 is 0 Å². The summed E-state index contributed by atoms with van der Waals surface area (Å²) in [6.45, 7) is 0. The molecule has 0 heterocycles. The van der Waals surface area contributed by atoms with Gasteiger partial charge in [0, 0.05) is 22.8 Å². The zero-order valence-electron chi connectivity index (χ0n) is 9.79. The molecule has 0 bridgehead atoms. The molecule has 2 rings (SSSR count). The van der Waals surface area contributed by atoms with Crippen LogP contribution in [-0.2, 0) is 0 Å². The third-order valence-corrected chi connectivity index (χ3v) is 2.78. The first-order valence-electron chi connectivity index (χ1n) is 5.87. The van der Waals surface area contributed by atoms with Crippen LogP contribution < -0.4 is 5.73 Å². The molecule has 1 nitrogen and oxygen atoms in total. The molecule has 2 N–H and O–H groups in total. The van der Waals surface area contributed by atoms with Crippen LogP contribution in [0, 0.1) is 23.8 Å². The van der Waals surface area contributed by atoms with E-state index in [1.807, 2.05) is 6.08 Å². The van der Waals surface area contributed by atoms with Crippen molar-refractivity contribution in [2.75, 3.05) is 0 Å². The summed E-state index contributed by atoms with van der Waals surface area (Å²) in [6.07, 6.45) is 14.5. The third-order valence-electron chi connectivity index (χ3n) is 2.78. The van der Waals surface area contributed by atoms with Crippen molar-refractivity contribution in [2.24, 2.45) is 5.73 Å². The molecule has 0 radical (unpaired) electrons. The molecule has 0 aromatic carbocycles. The molecule has 0 spiro atoms. The molecule has 2 aliphatic carbocycles. The second-order valence-corrected chi connectivity index (χ2v) is 4.06. The standard InChI is InChI=1S/C16H15N/c17-13-12-16-10-8-15(9-11-16)7-6-14-4-2-1-3-5-14/h1-2,4,8,10H,3,5,9,11,17H2. The average Bonchev–Trinajstić information content (AvgIpc) is 2.40. The maximum absolute atomic E-state index is 5.19. The Hall–Kier alpha value is -2.12. The molecule has 0 unspecified atom stereocenters. The lowest BCUT2D eigenvalue weighted by atomic mass is 9.98. The first-order valence-corrected chi connectivity index (χ1v) is 5.87. The van der Waals surface area contributed by atoms with Crippen LogP contribution in [0.4, 0.5) is 0 Å². The normalized spacial score (nSPS) is 17.8. The highest BCUT2D eigenvalue weighted by atomic mass is 14.5. The molecule has 84 valence electrons. The van der Waals surface area contributed by atoms with E-state index >= 15 is 0 Å². The molecular formula is C16H15N. The predicted octanol–water partition coefficient (Wildman–Crippen LogP) is 2.83. The largest absolute Gasteiger partial charge is 0.359 e. The zero-order valence-corrected chi connectivity index (χ0v) is 9.79. The summed E-state index contributed by atoms with van der Waals surface area (Å²) in [5.41, 5.74) is 8.69. The molecule has 0 fully saturated rings. The Morgan fingerprint density at radius 2 is 1.47 bits per heavy atom. The van der Waals surface area contributed by atoms with Gasteiger partial charge in [-0.15, -0.1) is 0 Å². The van der Waals surface area contributed by atoms with Crippen LogP contribution in [0.3, 0.4) is 0 Å². The molecule has 1 heteroatoms. The van der Waals surface area contributed by atoms with E-state index in [0.717, 1.165) is 31.3 Å². The van der Waals surface area contributed by atoms with Crippen molar-refractivity contribution in [1.29, 1.82) is 0 Å². The van der Waals surface area contributed by atoms with Gasteiger partial charge in [0.05, 0.1) is 0 Å². The van der Waals surface area contributed by atoms with E-state index in [4.69, 9.17) is 5.73 Å². The van der Waals surface area contributed by atoms with E-state index < -0.39 is 0 Å². The zero-order chi connectivity index (χ0) is 11.9. The van der Waals surface area contributed by atoms with Gasteiger partial charge >= 0.3 is 0 Å². The molecule has 17 heavy (non-hydrogen) atoms. The lowest BCUT2D eigenvalue weighted by Gasteiger charge is -2.05. The fourth-order valence-corrected chi connectivity index (χ4v) is 1.81. The Balaban J connectivity index is 2.05. The van der Waals surface area contributed by atoms with Crippen LogP contribution in [0.2, 0.25) is 0 Å². The van der Waals surface area contributed by atoms with Crippen LogP contribution in [0.5, 0.6) is 0 Å². The summed E-state index contributed by atoms with van der Waals surface area (Å²) in [6, 6.07) is 2.44. The van der Waals surface area contributed by atoms with Gasteiger partial charge in [0.1, 0.15) is 0 Å². The van der Waals surface area contributed by atoms with Gasteiger partial charge in [0.15, 0.2) is 0 Å². The smallest absolute Gasteiger partial charge is 0.00666 e. The van der Waals surface area contributed by atoms with E-state index in [-0.39, 0.29) is 0 Å². The molecule has 0 atom stereocenters. The van der Waals surface area contributed by atoms with E-state index in [9.17, 15) is 0 Å². The van der Waals surface area contributed by atoms with Crippen molar-refractivity contribution < 1.29 is 0 Å². The van der Waals surface area contributed by atoms with Crippen LogP contribution in [0.1, 0.15) is 25.7 Å². The second-order valence-electron chi connectivity index (χ2n) is 4.06. The number of rotatable bonds is 0. The summed E-state index contributed by atoms with van der Waals surface area (Å²) >= 11 is 0. The summed E-state index contributed by atoms with van der Waals surface area (Å²) in [7, 11) is 0. The summed E-state index contributed by atoms with van der Waals surface area (Å²) in [4.78, 5) is 0. The van der Waals surface area contributed by atoms with Crippen LogP contribution in [0.15, 0.2) is 47.1 Å². The van der Waals surface area contributed by atoms with Gasteiger partial charge in [-0.25, -0.2) is 0 Å². The van der Waals surface area contributed by atoms with Crippen molar-refractivity contribution in [3.8, 4) is 23.8 Å². The fraction of sp³-hybridized carbons (Fsp3) is 0.250. The van der Waals surface area contributed by atoms with E-state index in [0.29, 0.717) is 0 Å². The molecule has 0 saturated heterocycles. The molecule has 0 aromatic rings. The van der Waals surface area contributed by atoms with Gasteiger partial charge in [-0.05, 0) is 43.8 Å². The monoisotopic (exact) mass is 221 g/mol. The molecular weight excluding hydrogens is 206 g/mol. The number of hydrogen-bond donors (Lipinski definition) is 1. The Morgan fingerprint density at radius 1 is 0.824 bits per heavy atom. The SMILES string of the molecule is NC#CC1=CC=C(C#CC2=CC=CCC2)CC1. The summed E-state index contributed by atoms with van der Waals surface area (Å²) < 4.78 is 0. The van der Waals surface area contributed by atoms with Gasteiger partial charge in [-0.2, -0.15) is 0 Å². The van der Waals surface area contributed by atoms with Gasteiger partial charge in [0.2, 0.25) is 0 Å². The minimum absolute atomic E-state index is 0.948.